The first-order valence-electron chi connectivity index (χ1n) is 5.28. The molecule has 6 heteroatoms. The van der Waals surface area contributed by atoms with Crippen molar-refractivity contribution < 1.29 is 0 Å². The van der Waals surface area contributed by atoms with Crippen molar-refractivity contribution >= 4 is 22.0 Å². The molecule has 0 aromatic carbocycles. The van der Waals surface area contributed by atoms with Gasteiger partial charge in [0.15, 0.2) is 0 Å². The van der Waals surface area contributed by atoms with Crippen molar-refractivity contribution in [2.75, 3.05) is 17.6 Å². The van der Waals surface area contributed by atoms with Crippen LogP contribution in [0.15, 0.2) is 24.8 Å². The van der Waals surface area contributed by atoms with Gasteiger partial charge in [0.05, 0.1) is 17.0 Å². The standard InChI is InChI=1S/C11H13N5S/c12-7-10-9(13)6-11(17-10)15-2-1-4-16-5-3-14-8-16/h3,5-6,8,15H,1-2,4,13H2. The summed E-state index contributed by atoms with van der Waals surface area (Å²) < 4.78 is 2.03. The van der Waals surface area contributed by atoms with E-state index in [1.165, 1.54) is 11.3 Å². The molecule has 0 saturated heterocycles. The smallest absolute Gasteiger partial charge is 0.129 e. The number of nitriles is 1. The van der Waals surface area contributed by atoms with Crippen LogP contribution in [0.3, 0.4) is 0 Å². The molecule has 0 bridgehead atoms. The highest BCUT2D eigenvalue weighted by atomic mass is 32.1. The Morgan fingerprint density at radius 3 is 3.12 bits per heavy atom. The number of aromatic nitrogens is 2. The predicted octanol–water partition coefficient (Wildman–Crippen LogP) is 1.90. The topological polar surface area (TPSA) is 79.7 Å². The fraction of sp³-hybridized carbons (Fsp3) is 0.273. The summed E-state index contributed by atoms with van der Waals surface area (Å²) in [5.74, 6) is 0. The summed E-state index contributed by atoms with van der Waals surface area (Å²) in [4.78, 5) is 4.55. The van der Waals surface area contributed by atoms with Crippen molar-refractivity contribution in [3.8, 4) is 6.07 Å². The molecule has 0 saturated carbocycles. The lowest BCUT2D eigenvalue weighted by atomic mass is 10.4. The summed E-state index contributed by atoms with van der Waals surface area (Å²) in [5, 5.41) is 13.0. The van der Waals surface area contributed by atoms with Gasteiger partial charge in [0.25, 0.3) is 0 Å². The zero-order valence-electron chi connectivity index (χ0n) is 9.26. The number of anilines is 2. The molecule has 0 aliphatic carbocycles. The Hall–Kier alpha value is -2.00. The molecule has 0 aliphatic rings. The van der Waals surface area contributed by atoms with Gasteiger partial charge in [-0.05, 0) is 12.5 Å². The van der Waals surface area contributed by atoms with Crippen LogP contribution < -0.4 is 11.1 Å². The number of nitrogen functional groups attached to an aromatic ring is 1. The molecule has 88 valence electrons. The molecule has 2 heterocycles. The Labute approximate surface area is 104 Å². The molecule has 17 heavy (non-hydrogen) atoms. The van der Waals surface area contributed by atoms with Crippen molar-refractivity contribution in [2.45, 2.75) is 13.0 Å². The number of thiophene rings is 1. The molecule has 0 fully saturated rings. The van der Waals surface area contributed by atoms with Gasteiger partial charge in [0.2, 0.25) is 0 Å². The van der Waals surface area contributed by atoms with Gasteiger partial charge >= 0.3 is 0 Å². The van der Waals surface area contributed by atoms with Gasteiger partial charge in [-0.25, -0.2) is 4.98 Å². The third-order valence-electron chi connectivity index (χ3n) is 2.31. The SMILES string of the molecule is N#Cc1sc(NCCCn2ccnc2)cc1N. The minimum Gasteiger partial charge on any atom is -0.397 e. The van der Waals surface area contributed by atoms with Crippen LogP contribution in [0.5, 0.6) is 0 Å². The van der Waals surface area contributed by atoms with Gasteiger partial charge in [-0.3, -0.25) is 0 Å². The molecule has 0 aliphatic heterocycles. The molecule has 0 atom stereocenters. The molecular weight excluding hydrogens is 234 g/mol. The first kappa shape index (κ1) is 11.5. The van der Waals surface area contributed by atoms with Gasteiger partial charge in [-0.2, -0.15) is 5.26 Å². The Balaban J connectivity index is 1.76. The summed E-state index contributed by atoms with van der Waals surface area (Å²) in [5.41, 5.74) is 6.22. The third-order valence-corrected chi connectivity index (χ3v) is 3.33. The fourth-order valence-corrected chi connectivity index (χ4v) is 2.27. The van der Waals surface area contributed by atoms with E-state index < -0.39 is 0 Å². The van der Waals surface area contributed by atoms with Crippen LogP contribution in [0.1, 0.15) is 11.3 Å². The number of rotatable bonds is 5. The Morgan fingerprint density at radius 1 is 1.59 bits per heavy atom. The largest absolute Gasteiger partial charge is 0.397 e. The van der Waals surface area contributed by atoms with Crippen molar-refractivity contribution in [1.29, 1.82) is 5.26 Å². The molecule has 0 amide bonds. The number of imidazole rings is 1. The Kier molecular flexibility index (Phi) is 3.62. The van der Waals surface area contributed by atoms with Crippen LogP contribution in [-0.4, -0.2) is 16.1 Å². The summed E-state index contributed by atoms with van der Waals surface area (Å²) in [7, 11) is 0. The first-order valence-corrected chi connectivity index (χ1v) is 6.10. The van der Waals surface area contributed by atoms with Gasteiger partial charge in [-0.15, -0.1) is 11.3 Å². The van der Waals surface area contributed by atoms with Gasteiger partial charge < -0.3 is 15.6 Å². The van der Waals surface area contributed by atoms with Gasteiger partial charge in [0.1, 0.15) is 10.9 Å². The average molecular weight is 247 g/mol. The molecule has 0 radical (unpaired) electrons. The lowest BCUT2D eigenvalue weighted by Gasteiger charge is -2.03. The normalized spacial score (nSPS) is 10.1. The van der Waals surface area contributed by atoms with Crippen LogP contribution in [0.4, 0.5) is 10.7 Å². The number of aryl methyl sites for hydroxylation is 1. The van der Waals surface area contributed by atoms with Crippen LogP contribution >= 0.6 is 11.3 Å². The number of nitrogens with two attached hydrogens (primary N) is 1. The number of nitrogens with zero attached hydrogens (tertiary/aromatic N) is 3. The molecule has 3 N–H and O–H groups in total. The van der Waals surface area contributed by atoms with Crippen molar-refractivity contribution in [3.63, 3.8) is 0 Å². The second-order valence-electron chi connectivity index (χ2n) is 3.59. The zero-order valence-corrected chi connectivity index (χ0v) is 10.1. The van der Waals surface area contributed by atoms with Crippen molar-refractivity contribution in [3.05, 3.63) is 29.7 Å². The minimum atomic E-state index is 0.551. The van der Waals surface area contributed by atoms with Gasteiger partial charge in [0, 0.05) is 25.5 Å². The van der Waals surface area contributed by atoms with E-state index in [0.717, 1.165) is 24.5 Å². The van der Waals surface area contributed by atoms with E-state index in [4.69, 9.17) is 11.0 Å². The maximum Gasteiger partial charge on any atom is 0.129 e. The quantitative estimate of drug-likeness (QED) is 0.791. The summed E-state index contributed by atoms with van der Waals surface area (Å²) in [6.07, 6.45) is 6.51. The maximum absolute atomic E-state index is 8.77. The first-order chi connectivity index (χ1) is 8.29. The van der Waals surface area contributed by atoms with Crippen LogP contribution in [-0.2, 0) is 6.54 Å². The van der Waals surface area contributed by atoms with E-state index in [1.54, 1.807) is 18.6 Å². The van der Waals surface area contributed by atoms with E-state index in [9.17, 15) is 0 Å². The lowest BCUT2D eigenvalue weighted by molar-refractivity contribution is 0.661. The van der Waals surface area contributed by atoms with E-state index in [1.807, 2.05) is 10.8 Å². The molecule has 2 aromatic rings. The highest BCUT2D eigenvalue weighted by Crippen LogP contribution is 2.27. The second-order valence-corrected chi connectivity index (χ2v) is 4.64. The monoisotopic (exact) mass is 247 g/mol. The van der Waals surface area contributed by atoms with Crippen LogP contribution in [0, 0.1) is 11.3 Å². The zero-order chi connectivity index (χ0) is 12.1. The number of hydrogen-bond donors (Lipinski definition) is 2. The van der Waals surface area contributed by atoms with Crippen LogP contribution in [0.25, 0.3) is 0 Å². The Morgan fingerprint density at radius 2 is 2.47 bits per heavy atom. The summed E-state index contributed by atoms with van der Waals surface area (Å²) >= 11 is 1.39. The Bertz CT molecular complexity index is 508. The van der Waals surface area contributed by atoms with E-state index in [0.29, 0.717) is 10.6 Å². The highest BCUT2D eigenvalue weighted by molar-refractivity contribution is 7.17. The number of nitrogens with one attached hydrogen (secondary N) is 1. The molecule has 2 rings (SSSR count). The summed E-state index contributed by atoms with van der Waals surface area (Å²) in [6, 6.07) is 3.88. The molecule has 0 spiro atoms. The average Bonchev–Trinajstić information content (AvgIpc) is 2.94. The molecule has 0 unspecified atom stereocenters. The minimum absolute atomic E-state index is 0.551. The van der Waals surface area contributed by atoms with Crippen molar-refractivity contribution in [2.24, 2.45) is 0 Å². The van der Waals surface area contributed by atoms with Crippen LogP contribution in [0.2, 0.25) is 0 Å². The van der Waals surface area contributed by atoms with E-state index >= 15 is 0 Å². The fourth-order valence-electron chi connectivity index (χ4n) is 1.47. The lowest BCUT2D eigenvalue weighted by Crippen LogP contribution is -2.04. The third kappa shape index (κ3) is 2.98. The summed E-state index contributed by atoms with van der Waals surface area (Å²) in [6.45, 7) is 1.78. The number of hydrogen-bond acceptors (Lipinski definition) is 5. The highest BCUT2D eigenvalue weighted by Gasteiger charge is 2.04. The van der Waals surface area contributed by atoms with E-state index in [-0.39, 0.29) is 0 Å². The van der Waals surface area contributed by atoms with E-state index in [2.05, 4.69) is 16.4 Å². The van der Waals surface area contributed by atoms with Crippen molar-refractivity contribution in [1.82, 2.24) is 9.55 Å². The predicted molar refractivity (Wildman–Crippen MR) is 68.8 cm³/mol. The molecule has 2 aromatic heterocycles. The molecular formula is C11H13N5S. The molecule has 5 nitrogen and oxygen atoms in total. The second kappa shape index (κ2) is 5.37. The maximum atomic E-state index is 8.77. The van der Waals surface area contributed by atoms with Gasteiger partial charge in [-0.1, -0.05) is 0 Å².